The summed E-state index contributed by atoms with van der Waals surface area (Å²) in [6.07, 6.45) is 5.72. The van der Waals surface area contributed by atoms with Crippen LogP contribution < -0.4 is 0 Å². The minimum atomic E-state index is -0.105. The van der Waals surface area contributed by atoms with Crippen molar-refractivity contribution >= 4 is 0 Å². The average molecular weight is 182 g/mol. The molecule has 2 nitrogen and oxygen atoms in total. The Morgan fingerprint density at radius 1 is 1.46 bits per heavy atom. The monoisotopic (exact) mass is 182 g/mol. The fourth-order valence-electron chi connectivity index (χ4n) is 1.79. The molecule has 0 aromatic heterocycles. The SMILES string of the molecule is C=C/C=C(\C)C1(OC)CCOCC1. The number of hydrogen-bond donors (Lipinski definition) is 0. The summed E-state index contributed by atoms with van der Waals surface area (Å²) in [4.78, 5) is 0. The van der Waals surface area contributed by atoms with E-state index in [1.54, 1.807) is 7.11 Å². The molecule has 0 bridgehead atoms. The van der Waals surface area contributed by atoms with Crippen molar-refractivity contribution in [2.75, 3.05) is 20.3 Å². The maximum absolute atomic E-state index is 5.60. The van der Waals surface area contributed by atoms with Crippen LogP contribution in [0.15, 0.2) is 24.3 Å². The smallest absolute Gasteiger partial charge is 0.0931 e. The Morgan fingerprint density at radius 2 is 2.08 bits per heavy atom. The van der Waals surface area contributed by atoms with Gasteiger partial charge in [-0.1, -0.05) is 18.7 Å². The molecule has 0 aromatic rings. The van der Waals surface area contributed by atoms with Gasteiger partial charge in [0.15, 0.2) is 0 Å². The first-order valence-corrected chi connectivity index (χ1v) is 4.68. The van der Waals surface area contributed by atoms with Gasteiger partial charge in [-0.05, 0) is 12.5 Å². The number of hydrogen-bond acceptors (Lipinski definition) is 2. The van der Waals surface area contributed by atoms with Crippen molar-refractivity contribution < 1.29 is 9.47 Å². The molecule has 0 N–H and O–H groups in total. The van der Waals surface area contributed by atoms with E-state index < -0.39 is 0 Å². The van der Waals surface area contributed by atoms with Gasteiger partial charge in [-0.15, -0.1) is 0 Å². The first-order chi connectivity index (χ1) is 6.25. The molecule has 0 saturated carbocycles. The number of ether oxygens (including phenoxy) is 2. The third-order valence-electron chi connectivity index (χ3n) is 2.78. The van der Waals surface area contributed by atoms with Crippen molar-refractivity contribution in [3.8, 4) is 0 Å². The van der Waals surface area contributed by atoms with Crippen molar-refractivity contribution in [1.29, 1.82) is 0 Å². The van der Waals surface area contributed by atoms with E-state index in [4.69, 9.17) is 9.47 Å². The maximum Gasteiger partial charge on any atom is 0.0931 e. The van der Waals surface area contributed by atoms with E-state index in [0.29, 0.717) is 0 Å². The van der Waals surface area contributed by atoms with Gasteiger partial charge in [-0.25, -0.2) is 0 Å². The Labute approximate surface area is 80.2 Å². The van der Waals surface area contributed by atoms with Crippen LogP contribution in [0, 0.1) is 0 Å². The highest BCUT2D eigenvalue weighted by Crippen LogP contribution is 2.31. The Kier molecular flexibility index (Phi) is 3.70. The molecular weight excluding hydrogens is 164 g/mol. The summed E-state index contributed by atoms with van der Waals surface area (Å²) in [5, 5.41) is 0. The molecule has 1 rings (SSSR count). The van der Waals surface area contributed by atoms with Crippen LogP contribution in [0.25, 0.3) is 0 Å². The molecule has 0 aromatic carbocycles. The zero-order valence-electron chi connectivity index (χ0n) is 8.51. The van der Waals surface area contributed by atoms with Crippen LogP contribution in [-0.4, -0.2) is 25.9 Å². The van der Waals surface area contributed by atoms with Gasteiger partial charge in [0.25, 0.3) is 0 Å². The van der Waals surface area contributed by atoms with E-state index in [-0.39, 0.29) is 5.60 Å². The molecule has 0 aliphatic carbocycles. The van der Waals surface area contributed by atoms with Gasteiger partial charge in [0.2, 0.25) is 0 Å². The average Bonchev–Trinajstić information content (AvgIpc) is 2.19. The minimum absolute atomic E-state index is 0.105. The second-order valence-corrected chi connectivity index (χ2v) is 3.40. The number of methoxy groups -OCH3 is 1. The lowest BCUT2D eigenvalue weighted by molar-refractivity contribution is -0.0657. The Hall–Kier alpha value is -0.600. The molecule has 1 aliphatic rings. The molecule has 0 amide bonds. The third-order valence-corrected chi connectivity index (χ3v) is 2.78. The molecule has 1 fully saturated rings. The Morgan fingerprint density at radius 3 is 2.54 bits per heavy atom. The maximum atomic E-state index is 5.60. The first kappa shape index (κ1) is 10.5. The van der Waals surface area contributed by atoms with Gasteiger partial charge in [-0.2, -0.15) is 0 Å². The van der Waals surface area contributed by atoms with Crippen LogP contribution in [0.2, 0.25) is 0 Å². The van der Waals surface area contributed by atoms with E-state index >= 15 is 0 Å². The third kappa shape index (κ3) is 2.20. The van der Waals surface area contributed by atoms with Crippen LogP contribution in [0.1, 0.15) is 19.8 Å². The van der Waals surface area contributed by atoms with Gasteiger partial charge in [0.1, 0.15) is 0 Å². The summed E-state index contributed by atoms with van der Waals surface area (Å²) in [7, 11) is 1.77. The second-order valence-electron chi connectivity index (χ2n) is 3.40. The van der Waals surface area contributed by atoms with Gasteiger partial charge in [0.05, 0.1) is 5.60 Å². The normalized spacial score (nSPS) is 22.8. The lowest BCUT2D eigenvalue weighted by atomic mass is 9.86. The van der Waals surface area contributed by atoms with Crippen molar-refractivity contribution in [3.05, 3.63) is 24.3 Å². The van der Waals surface area contributed by atoms with Crippen molar-refractivity contribution in [2.24, 2.45) is 0 Å². The van der Waals surface area contributed by atoms with E-state index in [2.05, 4.69) is 13.5 Å². The Bertz CT molecular complexity index is 200. The molecule has 0 unspecified atom stereocenters. The molecule has 0 atom stereocenters. The summed E-state index contributed by atoms with van der Waals surface area (Å²) in [5.41, 5.74) is 1.14. The van der Waals surface area contributed by atoms with Crippen molar-refractivity contribution in [1.82, 2.24) is 0 Å². The zero-order valence-corrected chi connectivity index (χ0v) is 8.51. The fraction of sp³-hybridized carbons (Fsp3) is 0.636. The van der Waals surface area contributed by atoms with Gasteiger partial charge in [0, 0.05) is 33.2 Å². The Balaban J connectivity index is 2.77. The van der Waals surface area contributed by atoms with Crippen LogP contribution in [0.4, 0.5) is 0 Å². The molecule has 0 spiro atoms. The molecule has 1 heterocycles. The topological polar surface area (TPSA) is 18.5 Å². The van der Waals surface area contributed by atoms with E-state index in [9.17, 15) is 0 Å². The largest absolute Gasteiger partial charge is 0.381 e. The molecule has 0 radical (unpaired) electrons. The van der Waals surface area contributed by atoms with Crippen LogP contribution in [0.5, 0.6) is 0 Å². The molecule has 1 saturated heterocycles. The van der Waals surface area contributed by atoms with Crippen LogP contribution in [-0.2, 0) is 9.47 Å². The molecule has 1 aliphatic heterocycles. The van der Waals surface area contributed by atoms with Gasteiger partial charge in [-0.3, -0.25) is 0 Å². The quantitative estimate of drug-likeness (QED) is 0.624. The summed E-state index contributed by atoms with van der Waals surface area (Å²) < 4.78 is 10.9. The second kappa shape index (κ2) is 4.58. The minimum Gasteiger partial charge on any atom is -0.381 e. The fourth-order valence-corrected chi connectivity index (χ4v) is 1.79. The zero-order chi connectivity index (χ0) is 9.73. The van der Waals surface area contributed by atoms with E-state index in [1.165, 1.54) is 5.57 Å². The van der Waals surface area contributed by atoms with Crippen molar-refractivity contribution in [2.45, 2.75) is 25.4 Å². The first-order valence-electron chi connectivity index (χ1n) is 4.68. The number of rotatable bonds is 3. The van der Waals surface area contributed by atoms with Crippen LogP contribution in [0.3, 0.4) is 0 Å². The van der Waals surface area contributed by atoms with Gasteiger partial charge >= 0.3 is 0 Å². The standard InChI is InChI=1S/C11H18O2/c1-4-5-10(2)11(12-3)6-8-13-9-7-11/h4-5H,1,6-9H2,2-3H3/b10-5+. The van der Waals surface area contributed by atoms with Gasteiger partial charge < -0.3 is 9.47 Å². The molecule has 2 heteroatoms. The van der Waals surface area contributed by atoms with E-state index in [0.717, 1.165) is 26.1 Å². The van der Waals surface area contributed by atoms with Crippen LogP contribution >= 0.6 is 0 Å². The summed E-state index contributed by atoms with van der Waals surface area (Å²) in [6, 6.07) is 0. The summed E-state index contributed by atoms with van der Waals surface area (Å²) in [5.74, 6) is 0. The summed E-state index contributed by atoms with van der Waals surface area (Å²) in [6.45, 7) is 7.37. The molecule has 74 valence electrons. The molecule has 13 heavy (non-hydrogen) atoms. The molecular formula is C11H18O2. The highest BCUT2D eigenvalue weighted by molar-refractivity contribution is 5.20. The summed E-state index contributed by atoms with van der Waals surface area (Å²) >= 11 is 0. The predicted octanol–water partition coefficient (Wildman–Crippen LogP) is 2.31. The predicted molar refractivity (Wildman–Crippen MR) is 53.7 cm³/mol. The lowest BCUT2D eigenvalue weighted by Gasteiger charge is -2.36. The number of allylic oxidation sites excluding steroid dienone is 2. The van der Waals surface area contributed by atoms with Crippen molar-refractivity contribution in [3.63, 3.8) is 0 Å². The lowest BCUT2D eigenvalue weighted by Crippen LogP contribution is -2.39. The highest BCUT2D eigenvalue weighted by atomic mass is 16.5. The van der Waals surface area contributed by atoms with E-state index in [1.807, 2.05) is 12.2 Å². The highest BCUT2D eigenvalue weighted by Gasteiger charge is 2.33.